The number of nitrogens with zero attached hydrogens (tertiary/aromatic N) is 2. The van der Waals surface area contributed by atoms with Crippen molar-refractivity contribution in [3.8, 4) is 11.1 Å². The number of benzene rings is 1. The largest absolute Gasteiger partial charge is 0.423 e. The summed E-state index contributed by atoms with van der Waals surface area (Å²) in [5, 5.41) is 5.10. The summed E-state index contributed by atoms with van der Waals surface area (Å²) in [5.74, 6) is -0.528. The molecule has 0 spiro atoms. The van der Waals surface area contributed by atoms with Crippen LogP contribution in [0.1, 0.15) is 6.92 Å². The van der Waals surface area contributed by atoms with Gasteiger partial charge in [-0.2, -0.15) is 9.37 Å². The van der Waals surface area contributed by atoms with Crippen molar-refractivity contribution < 1.29 is 13.6 Å². The maximum atomic E-state index is 12.9. The first-order chi connectivity index (χ1) is 10.7. The van der Waals surface area contributed by atoms with Gasteiger partial charge in [0.25, 0.3) is 0 Å². The molecule has 2 N–H and O–H groups in total. The molecule has 112 valence electrons. The molecule has 2 amide bonds. The number of urea groups is 1. The van der Waals surface area contributed by atoms with E-state index in [0.29, 0.717) is 17.6 Å². The highest BCUT2D eigenvalue weighted by atomic mass is 19.1. The summed E-state index contributed by atoms with van der Waals surface area (Å²) in [6.07, 6.45) is 1.45. The summed E-state index contributed by atoms with van der Waals surface area (Å²) in [7, 11) is 0. The van der Waals surface area contributed by atoms with Gasteiger partial charge < -0.3 is 9.73 Å². The number of nitrogens with one attached hydrogen (secondary N) is 2. The summed E-state index contributed by atoms with van der Waals surface area (Å²) in [4.78, 5) is 19.3. The van der Waals surface area contributed by atoms with Crippen LogP contribution in [0.3, 0.4) is 0 Å². The highest BCUT2D eigenvalue weighted by Gasteiger charge is 2.10. The van der Waals surface area contributed by atoms with Crippen molar-refractivity contribution in [3.63, 3.8) is 0 Å². The molecule has 3 aromatic rings. The number of amides is 2. The van der Waals surface area contributed by atoms with E-state index in [-0.39, 0.29) is 12.0 Å². The van der Waals surface area contributed by atoms with Crippen LogP contribution < -0.4 is 10.6 Å². The third-order valence-electron chi connectivity index (χ3n) is 3.01. The lowest BCUT2D eigenvalue weighted by molar-refractivity contribution is 0.252. The number of oxazole rings is 1. The van der Waals surface area contributed by atoms with E-state index >= 15 is 0 Å². The summed E-state index contributed by atoms with van der Waals surface area (Å²) in [6, 6.07) is 8.02. The van der Waals surface area contributed by atoms with Gasteiger partial charge in [-0.25, -0.2) is 9.78 Å². The second-order valence-electron chi connectivity index (χ2n) is 4.56. The van der Waals surface area contributed by atoms with Crippen molar-refractivity contribution in [3.05, 3.63) is 42.5 Å². The molecular weight excluding hydrogens is 287 g/mol. The molecule has 0 bridgehead atoms. The summed E-state index contributed by atoms with van der Waals surface area (Å²) < 4.78 is 18.3. The number of fused-ring (bicyclic) bond motifs is 1. The zero-order chi connectivity index (χ0) is 15.5. The van der Waals surface area contributed by atoms with Gasteiger partial charge in [-0.05, 0) is 36.8 Å². The molecule has 6 nitrogen and oxygen atoms in total. The number of carbonyl (C=O) groups is 1. The number of carbonyl (C=O) groups excluding carboxylic acids is 1. The number of hydrogen-bond donors (Lipinski definition) is 2. The van der Waals surface area contributed by atoms with Gasteiger partial charge in [0.2, 0.25) is 5.95 Å². The SMILES string of the molecule is CCNC(=O)Nc1nc2cc(-c3ccc(F)nc3)ccc2o1. The van der Waals surface area contributed by atoms with E-state index in [2.05, 4.69) is 20.6 Å². The van der Waals surface area contributed by atoms with Crippen molar-refractivity contribution in [2.45, 2.75) is 6.92 Å². The Morgan fingerprint density at radius 1 is 1.27 bits per heavy atom. The number of aromatic nitrogens is 2. The van der Waals surface area contributed by atoms with Crippen LogP contribution in [0.2, 0.25) is 0 Å². The monoisotopic (exact) mass is 300 g/mol. The van der Waals surface area contributed by atoms with Crippen LogP contribution in [0.15, 0.2) is 40.9 Å². The fourth-order valence-electron chi connectivity index (χ4n) is 2.01. The standard InChI is InChI=1S/C15H13FN4O2/c1-2-17-14(21)20-15-19-11-7-9(3-5-12(11)22-15)10-4-6-13(16)18-8-10/h3-8H,2H2,1H3,(H2,17,19,20,21). The van der Waals surface area contributed by atoms with Crippen molar-refractivity contribution in [2.24, 2.45) is 0 Å². The second-order valence-corrected chi connectivity index (χ2v) is 4.56. The minimum absolute atomic E-state index is 0.121. The molecule has 0 saturated carbocycles. The molecule has 7 heteroatoms. The molecule has 0 unspecified atom stereocenters. The predicted molar refractivity (Wildman–Crippen MR) is 79.9 cm³/mol. The van der Waals surface area contributed by atoms with Crippen molar-refractivity contribution in [2.75, 3.05) is 11.9 Å². The highest BCUT2D eigenvalue weighted by Crippen LogP contribution is 2.25. The van der Waals surface area contributed by atoms with Crippen LogP contribution in [0.25, 0.3) is 22.2 Å². The second kappa shape index (κ2) is 5.80. The van der Waals surface area contributed by atoms with Crippen molar-refractivity contribution in [1.29, 1.82) is 0 Å². The average molecular weight is 300 g/mol. The molecule has 22 heavy (non-hydrogen) atoms. The zero-order valence-corrected chi connectivity index (χ0v) is 11.8. The Hall–Kier alpha value is -2.96. The Bertz CT molecular complexity index is 814. The fraction of sp³-hybridized carbons (Fsp3) is 0.133. The molecule has 0 aliphatic heterocycles. The fourth-order valence-corrected chi connectivity index (χ4v) is 2.01. The molecule has 2 aromatic heterocycles. The predicted octanol–water partition coefficient (Wildman–Crippen LogP) is 3.17. The number of anilines is 1. The van der Waals surface area contributed by atoms with E-state index in [1.165, 1.54) is 12.3 Å². The first kappa shape index (κ1) is 14.0. The topological polar surface area (TPSA) is 80.0 Å². The summed E-state index contributed by atoms with van der Waals surface area (Å²) in [5.41, 5.74) is 2.74. The quantitative estimate of drug-likeness (QED) is 0.728. The third-order valence-corrected chi connectivity index (χ3v) is 3.01. The van der Waals surface area contributed by atoms with Crippen molar-refractivity contribution >= 4 is 23.1 Å². The maximum Gasteiger partial charge on any atom is 0.322 e. The van der Waals surface area contributed by atoms with E-state index in [1.54, 1.807) is 18.2 Å². The number of halogens is 1. The normalized spacial score (nSPS) is 10.6. The Kier molecular flexibility index (Phi) is 3.69. The number of rotatable bonds is 3. The molecule has 2 heterocycles. The average Bonchev–Trinajstić information content (AvgIpc) is 2.89. The molecule has 1 aromatic carbocycles. The van der Waals surface area contributed by atoms with Crippen LogP contribution in [0.4, 0.5) is 15.2 Å². The van der Waals surface area contributed by atoms with Gasteiger partial charge in [-0.1, -0.05) is 6.07 Å². The Balaban J connectivity index is 1.90. The van der Waals surface area contributed by atoms with E-state index < -0.39 is 5.95 Å². The van der Waals surface area contributed by atoms with Crippen LogP contribution in [0, 0.1) is 5.95 Å². The molecule has 0 aliphatic rings. The van der Waals surface area contributed by atoms with Crippen LogP contribution in [-0.4, -0.2) is 22.5 Å². The lowest BCUT2D eigenvalue weighted by Crippen LogP contribution is -2.28. The molecule has 0 saturated heterocycles. The van der Waals surface area contributed by atoms with Gasteiger partial charge in [0.05, 0.1) is 0 Å². The van der Waals surface area contributed by atoms with Gasteiger partial charge in [0.1, 0.15) is 5.52 Å². The molecule has 0 fully saturated rings. The maximum absolute atomic E-state index is 12.9. The molecule has 0 atom stereocenters. The third kappa shape index (κ3) is 2.88. The first-order valence-electron chi connectivity index (χ1n) is 6.73. The summed E-state index contributed by atoms with van der Waals surface area (Å²) >= 11 is 0. The number of hydrogen-bond acceptors (Lipinski definition) is 4. The molecule has 0 aliphatic carbocycles. The summed E-state index contributed by atoms with van der Waals surface area (Å²) in [6.45, 7) is 2.32. The van der Waals surface area contributed by atoms with Crippen LogP contribution in [-0.2, 0) is 0 Å². The minimum atomic E-state index is -0.528. The van der Waals surface area contributed by atoms with Gasteiger partial charge in [-0.3, -0.25) is 5.32 Å². The molecule has 0 radical (unpaired) electrons. The van der Waals surface area contributed by atoms with Crippen LogP contribution in [0.5, 0.6) is 0 Å². The lowest BCUT2D eigenvalue weighted by Gasteiger charge is -1.99. The van der Waals surface area contributed by atoms with E-state index in [0.717, 1.165) is 11.1 Å². The van der Waals surface area contributed by atoms with Crippen molar-refractivity contribution in [1.82, 2.24) is 15.3 Å². The Morgan fingerprint density at radius 2 is 2.09 bits per heavy atom. The number of pyridine rings is 1. The smallest absolute Gasteiger partial charge is 0.322 e. The van der Waals surface area contributed by atoms with Gasteiger partial charge >= 0.3 is 12.0 Å². The molecular formula is C15H13FN4O2. The molecule has 3 rings (SSSR count). The van der Waals surface area contributed by atoms with Crippen LogP contribution >= 0.6 is 0 Å². The van der Waals surface area contributed by atoms with E-state index in [1.807, 2.05) is 13.0 Å². The van der Waals surface area contributed by atoms with E-state index in [9.17, 15) is 9.18 Å². The Labute approximate surface area is 125 Å². The zero-order valence-electron chi connectivity index (χ0n) is 11.8. The van der Waals surface area contributed by atoms with Gasteiger partial charge in [0.15, 0.2) is 5.58 Å². The minimum Gasteiger partial charge on any atom is -0.423 e. The van der Waals surface area contributed by atoms with Gasteiger partial charge in [0, 0.05) is 18.3 Å². The highest BCUT2D eigenvalue weighted by molar-refractivity contribution is 5.89. The first-order valence-corrected chi connectivity index (χ1v) is 6.73. The van der Waals surface area contributed by atoms with E-state index in [4.69, 9.17) is 4.42 Å². The van der Waals surface area contributed by atoms with Gasteiger partial charge in [-0.15, -0.1) is 0 Å². The lowest BCUT2D eigenvalue weighted by atomic mass is 10.1. The Morgan fingerprint density at radius 3 is 2.82 bits per heavy atom.